The summed E-state index contributed by atoms with van der Waals surface area (Å²) in [5.41, 5.74) is 7.22. The fraction of sp³-hybridized carbons (Fsp3) is 0.304. The lowest BCUT2D eigenvalue weighted by Crippen LogP contribution is -2.23. The van der Waals surface area contributed by atoms with Gasteiger partial charge in [0, 0.05) is 38.3 Å². The third-order valence-corrected chi connectivity index (χ3v) is 5.46. The van der Waals surface area contributed by atoms with Gasteiger partial charge in [-0.05, 0) is 55.7 Å². The summed E-state index contributed by atoms with van der Waals surface area (Å²) >= 11 is 6.71. The molecule has 1 amide bonds. The predicted octanol–water partition coefficient (Wildman–Crippen LogP) is 5.04. The number of benzene rings is 2. The number of anilines is 1. The predicted molar refractivity (Wildman–Crippen MR) is 119 cm³/mol. The summed E-state index contributed by atoms with van der Waals surface area (Å²) in [6.07, 6.45) is 0. The van der Waals surface area contributed by atoms with E-state index in [9.17, 15) is 4.79 Å². The van der Waals surface area contributed by atoms with Crippen LogP contribution in [0.4, 0.5) is 5.69 Å². The van der Waals surface area contributed by atoms with E-state index in [1.165, 1.54) is 5.56 Å². The van der Waals surface area contributed by atoms with Crippen molar-refractivity contribution >= 4 is 23.2 Å². The Balaban J connectivity index is 1.79. The number of nitrogens with one attached hydrogen (secondary N) is 1. The first-order valence-electron chi connectivity index (χ1n) is 9.62. The Hall–Kier alpha value is -2.79. The van der Waals surface area contributed by atoms with Gasteiger partial charge in [-0.15, -0.1) is 0 Å². The monoisotopic (exact) mass is 410 g/mol. The first-order chi connectivity index (χ1) is 13.8. The second kappa shape index (κ2) is 8.70. The summed E-state index contributed by atoms with van der Waals surface area (Å²) in [5.74, 6) is 0.0459. The fourth-order valence-corrected chi connectivity index (χ4v) is 3.53. The molecule has 1 aromatic heterocycles. The standard InChI is InChI=1S/C23H27ClN4O/c1-15-9-10-16(2)22(11-15)28-23(24)21(17(3)26-28)13-25-20-8-6-7-19(12-20)14-27(5)18(4)29/h6-12,25H,13-14H2,1-5H3. The van der Waals surface area contributed by atoms with E-state index in [0.717, 1.165) is 33.8 Å². The number of aryl methyl sites for hydroxylation is 3. The van der Waals surface area contributed by atoms with E-state index in [1.807, 2.05) is 29.8 Å². The average molecular weight is 411 g/mol. The number of hydrogen-bond donors (Lipinski definition) is 1. The van der Waals surface area contributed by atoms with E-state index in [2.05, 4.69) is 48.5 Å². The molecule has 0 spiro atoms. The van der Waals surface area contributed by atoms with Crippen molar-refractivity contribution in [3.8, 4) is 5.69 Å². The summed E-state index contributed by atoms with van der Waals surface area (Å²) in [6.45, 7) is 8.82. The molecule has 0 aliphatic heterocycles. The lowest BCUT2D eigenvalue weighted by Gasteiger charge is -2.15. The van der Waals surface area contributed by atoms with Gasteiger partial charge in [0.15, 0.2) is 0 Å². The first kappa shape index (κ1) is 20.9. The van der Waals surface area contributed by atoms with Gasteiger partial charge in [0.05, 0.1) is 11.4 Å². The SMILES string of the molecule is CC(=O)N(C)Cc1cccc(NCc2c(C)nn(-c3cc(C)ccc3C)c2Cl)c1. The van der Waals surface area contributed by atoms with Crippen molar-refractivity contribution in [2.75, 3.05) is 12.4 Å². The van der Waals surface area contributed by atoms with Crippen LogP contribution in [0.5, 0.6) is 0 Å². The zero-order valence-electron chi connectivity index (χ0n) is 17.6. The molecule has 0 saturated carbocycles. The minimum absolute atomic E-state index is 0.0459. The molecule has 2 aromatic carbocycles. The topological polar surface area (TPSA) is 50.2 Å². The van der Waals surface area contributed by atoms with Crippen molar-refractivity contribution in [3.05, 3.63) is 75.6 Å². The van der Waals surface area contributed by atoms with Crippen molar-refractivity contribution in [2.45, 2.75) is 40.8 Å². The van der Waals surface area contributed by atoms with Crippen LogP contribution in [0.15, 0.2) is 42.5 Å². The molecule has 1 heterocycles. The number of aromatic nitrogens is 2. The molecule has 6 heteroatoms. The van der Waals surface area contributed by atoms with Crippen LogP contribution in [-0.2, 0) is 17.9 Å². The van der Waals surface area contributed by atoms with Crippen LogP contribution in [0.3, 0.4) is 0 Å². The van der Waals surface area contributed by atoms with E-state index in [0.29, 0.717) is 18.2 Å². The third kappa shape index (κ3) is 4.80. The van der Waals surface area contributed by atoms with E-state index >= 15 is 0 Å². The number of carbonyl (C=O) groups is 1. The highest BCUT2D eigenvalue weighted by Crippen LogP contribution is 2.27. The molecule has 0 saturated heterocycles. The minimum atomic E-state index is 0.0459. The number of rotatable bonds is 6. The van der Waals surface area contributed by atoms with Gasteiger partial charge in [-0.25, -0.2) is 4.68 Å². The van der Waals surface area contributed by atoms with Gasteiger partial charge in [0.2, 0.25) is 5.91 Å². The molecular formula is C23H27ClN4O. The normalized spacial score (nSPS) is 10.8. The number of hydrogen-bond acceptors (Lipinski definition) is 3. The van der Waals surface area contributed by atoms with Gasteiger partial charge in [-0.1, -0.05) is 35.9 Å². The second-order valence-electron chi connectivity index (χ2n) is 7.49. The zero-order chi connectivity index (χ0) is 21.1. The molecule has 5 nitrogen and oxygen atoms in total. The molecule has 29 heavy (non-hydrogen) atoms. The van der Waals surface area contributed by atoms with Gasteiger partial charge in [-0.2, -0.15) is 5.10 Å². The third-order valence-electron chi connectivity index (χ3n) is 5.07. The van der Waals surface area contributed by atoms with Crippen LogP contribution in [-0.4, -0.2) is 27.6 Å². The number of halogens is 1. The maximum atomic E-state index is 11.5. The Kier molecular flexibility index (Phi) is 6.28. The van der Waals surface area contributed by atoms with Crippen LogP contribution in [0, 0.1) is 20.8 Å². The van der Waals surface area contributed by atoms with Gasteiger partial charge < -0.3 is 10.2 Å². The van der Waals surface area contributed by atoms with Gasteiger partial charge >= 0.3 is 0 Å². The van der Waals surface area contributed by atoms with Gasteiger partial charge in [0.25, 0.3) is 0 Å². The van der Waals surface area contributed by atoms with Crippen LogP contribution in [0.2, 0.25) is 5.15 Å². The summed E-state index contributed by atoms with van der Waals surface area (Å²) in [4.78, 5) is 13.2. The number of amides is 1. The maximum Gasteiger partial charge on any atom is 0.219 e. The fourth-order valence-electron chi connectivity index (χ4n) is 3.19. The van der Waals surface area contributed by atoms with Crippen molar-refractivity contribution in [2.24, 2.45) is 0 Å². The van der Waals surface area contributed by atoms with Crippen molar-refractivity contribution in [1.29, 1.82) is 0 Å². The van der Waals surface area contributed by atoms with Crippen LogP contribution in [0.25, 0.3) is 5.69 Å². The van der Waals surface area contributed by atoms with E-state index in [4.69, 9.17) is 11.6 Å². The Morgan fingerprint density at radius 2 is 1.93 bits per heavy atom. The highest BCUT2D eigenvalue weighted by molar-refractivity contribution is 6.30. The highest BCUT2D eigenvalue weighted by atomic mass is 35.5. The Labute approximate surface area is 177 Å². The van der Waals surface area contributed by atoms with Crippen LogP contribution in [0.1, 0.15) is 34.9 Å². The second-order valence-corrected chi connectivity index (χ2v) is 7.84. The van der Waals surface area contributed by atoms with E-state index in [-0.39, 0.29) is 5.91 Å². The summed E-state index contributed by atoms with van der Waals surface area (Å²) in [6, 6.07) is 14.3. The molecule has 152 valence electrons. The number of nitrogens with zero attached hydrogens (tertiary/aromatic N) is 3. The summed E-state index contributed by atoms with van der Waals surface area (Å²) in [5, 5.41) is 8.73. The molecule has 0 fully saturated rings. The molecule has 3 rings (SSSR count). The highest BCUT2D eigenvalue weighted by Gasteiger charge is 2.16. The average Bonchev–Trinajstić information content (AvgIpc) is 2.96. The van der Waals surface area contributed by atoms with E-state index < -0.39 is 0 Å². The van der Waals surface area contributed by atoms with E-state index in [1.54, 1.807) is 18.9 Å². The molecule has 0 atom stereocenters. The first-order valence-corrected chi connectivity index (χ1v) is 10.00. The molecule has 0 unspecified atom stereocenters. The zero-order valence-corrected chi connectivity index (χ0v) is 18.3. The van der Waals surface area contributed by atoms with Crippen molar-refractivity contribution in [3.63, 3.8) is 0 Å². The Morgan fingerprint density at radius 1 is 1.17 bits per heavy atom. The summed E-state index contributed by atoms with van der Waals surface area (Å²) in [7, 11) is 1.80. The molecule has 0 aliphatic carbocycles. The minimum Gasteiger partial charge on any atom is -0.381 e. The Morgan fingerprint density at radius 3 is 2.66 bits per heavy atom. The number of carbonyl (C=O) groups excluding carboxylic acids is 1. The quantitative estimate of drug-likeness (QED) is 0.619. The molecule has 0 bridgehead atoms. The molecular weight excluding hydrogens is 384 g/mol. The van der Waals surface area contributed by atoms with Gasteiger partial charge in [-0.3, -0.25) is 4.79 Å². The lowest BCUT2D eigenvalue weighted by atomic mass is 10.1. The maximum absolute atomic E-state index is 11.5. The van der Waals surface area contributed by atoms with Crippen molar-refractivity contribution < 1.29 is 4.79 Å². The largest absolute Gasteiger partial charge is 0.381 e. The molecule has 0 radical (unpaired) electrons. The van der Waals surface area contributed by atoms with Crippen LogP contribution >= 0.6 is 11.6 Å². The lowest BCUT2D eigenvalue weighted by molar-refractivity contribution is -0.128. The summed E-state index contributed by atoms with van der Waals surface area (Å²) < 4.78 is 1.81. The van der Waals surface area contributed by atoms with Crippen molar-refractivity contribution in [1.82, 2.24) is 14.7 Å². The smallest absolute Gasteiger partial charge is 0.219 e. The van der Waals surface area contributed by atoms with Gasteiger partial charge in [0.1, 0.15) is 5.15 Å². The Bertz CT molecular complexity index is 1040. The molecule has 3 aromatic rings. The molecule has 1 N–H and O–H groups in total. The van der Waals surface area contributed by atoms with Crippen LogP contribution < -0.4 is 5.32 Å². The molecule has 0 aliphatic rings.